The minimum atomic E-state index is -0.161. The van der Waals surface area contributed by atoms with E-state index in [0.717, 1.165) is 13.0 Å². The molecule has 0 fully saturated rings. The molecule has 1 heterocycles. The number of H-pyrrole nitrogens is 1. The maximum Gasteiger partial charge on any atom is 0.0609 e. The van der Waals surface area contributed by atoms with Crippen molar-refractivity contribution in [1.29, 1.82) is 0 Å². The smallest absolute Gasteiger partial charge is 0.0609 e. The molecule has 2 aromatic rings. The predicted molar refractivity (Wildman–Crippen MR) is 75.8 cm³/mol. The monoisotopic (exact) mass is 246 g/mol. The topological polar surface area (TPSA) is 39.3 Å². The number of benzene rings is 1. The van der Waals surface area contributed by atoms with Gasteiger partial charge in [0.15, 0.2) is 0 Å². The highest BCUT2D eigenvalue weighted by atomic mass is 16.3. The SMILES string of the molecule is CN(CCc1c[nH]c2ccccc12)C(C)(C)CO. The quantitative estimate of drug-likeness (QED) is 0.850. The molecule has 98 valence electrons. The lowest BCUT2D eigenvalue weighted by Gasteiger charge is -2.33. The van der Waals surface area contributed by atoms with Crippen molar-refractivity contribution in [3.8, 4) is 0 Å². The number of fused-ring (bicyclic) bond motifs is 1. The van der Waals surface area contributed by atoms with Crippen molar-refractivity contribution in [2.24, 2.45) is 0 Å². The fourth-order valence-electron chi connectivity index (χ4n) is 2.05. The van der Waals surface area contributed by atoms with Crippen LogP contribution in [0.1, 0.15) is 19.4 Å². The number of aromatic nitrogens is 1. The van der Waals surface area contributed by atoms with E-state index >= 15 is 0 Å². The summed E-state index contributed by atoms with van der Waals surface area (Å²) in [5, 5.41) is 10.6. The molecule has 0 saturated carbocycles. The van der Waals surface area contributed by atoms with E-state index in [9.17, 15) is 5.11 Å². The third-order valence-electron chi connectivity index (χ3n) is 3.81. The minimum Gasteiger partial charge on any atom is -0.394 e. The number of nitrogens with one attached hydrogen (secondary N) is 1. The van der Waals surface area contributed by atoms with Crippen LogP contribution in [0.4, 0.5) is 0 Å². The second-order valence-electron chi connectivity index (χ2n) is 5.50. The van der Waals surface area contributed by atoms with Gasteiger partial charge in [0.1, 0.15) is 0 Å². The van der Waals surface area contributed by atoms with Crippen LogP contribution in [0.15, 0.2) is 30.5 Å². The zero-order valence-corrected chi connectivity index (χ0v) is 11.4. The normalized spacial score (nSPS) is 12.5. The molecule has 2 N–H and O–H groups in total. The Kier molecular flexibility index (Phi) is 3.73. The molecule has 0 aliphatic carbocycles. The minimum absolute atomic E-state index is 0.161. The van der Waals surface area contributed by atoms with Gasteiger partial charge in [0.2, 0.25) is 0 Å². The summed E-state index contributed by atoms with van der Waals surface area (Å²) in [6.07, 6.45) is 3.08. The molecule has 3 heteroatoms. The summed E-state index contributed by atoms with van der Waals surface area (Å²) in [5.74, 6) is 0. The highest BCUT2D eigenvalue weighted by Gasteiger charge is 2.21. The van der Waals surface area contributed by atoms with Gasteiger partial charge < -0.3 is 10.1 Å². The highest BCUT2D eigenvalue weighted by molar-refractivity contribution is 5.83. The summed E-state index contributed by atoms with van der Waals surface area (Å²) < 4.78 is 0. The van der Waals surface area contributed by atoms with Gasteiger partial charge in [0.05, 0.1) is 6.61 Å². The first-order valence-corrected chi connectivity index (χ1v) is 6.42. The summed E-state index contributed by atoms with van der Waals surface area (Å²) in [5.41, 5.74) is 2.37. The maximum atomic E-state index is 9.35. The number of hydrogen-bond acceptors (Lipinski definition) is 2. The van der Waals surface area contributed by atoms with E-state index in [0.29, 0.717) is 0 Å². The van der Waals surface area contributed by atoms with Crippen LogP contribution in [0.25, 0.3) is 10.9 Å². The number of likely N-dealkylation sites (N-methyl/N-ethyl adjacent to an activating group) is 1. The lowest BCUT2D eigenvalue weighted by molar-refractivity contribution is 0.0801. The van der Waals surface area contributed by atoms with Gasteiger partial charge in [-0.15, -0.1) is 0 Å². The number of aliphatic hydroxyl groups excluding tert-OH is 1. The molecule has 2 rings (SSSR count). The van der Waals surface area contributed by atoms with Gasteiger partial charge in [0.25, 0.3) is 0 Å². The number of hydrogen-bond donors (Lipinski definition) is 2. The van der Waals surface area contributed by atoms with Gasteiger partial charge in [-0.3, -0.25) is 4.90 Å². The molecule has 0 bridgehead atoms. The van der Waals surface area contributed by atoms with Crippen molar-refractivity contribution in [3.05, 3.63) is 36.0 Å². The first-order chi connectivity index (χ1) is 8.54. The zero-order valence-electron chi connectivity index (χ0n) is 11.4. The van der Waals surface area contributed by atoms with Crippen LogP contribution < -0.4 is 0 Å². The fourth-order valence-corrected chi connectivity index (χ4v) is 2.05. The molecular weight excluding hydrogens is 224 g/mol. The van der Waals surface area contributed by atoms with Crippen molar-refractivity contribution in [1.82, 2.24) is 9.88 Å². The number of aliphatic hydroxyl groups is 1. The average molecular weight is 246 g/mol. The first kappa shape index (κ1) is 13.1. The molecule has 0 atom stereocenters. The lowest BCUT2D eigenvalue weighted by atomic mass is 10.0. The Balaban J connectivity index is 2.07. The number of aromatic amines is 1. The summed E-state index contributed by atoms with van der Waals surface area (Å²) in [4.78, 5) is 5.50. The average Bonchev–Trinajstić information content (AvgIpc) is 2.79. The molecule has 0 spiro atoms. The maximum absolute atomic E-state index is 9.35. The number of nitrogens with zero attached hydrogens (tertiary/aromatic N) is 1. The Morgan fingerprint density at radius 3 is 2.72 bits per heavy atom. The predicted octanol–water partition coefficient (Wildman–Crippen LogP) is 2.41. The van der Waals surface area contributed by atoms with Crippen LogP contribution in [-0.2, 0) is 6.42 Å². The van der Waals surface area contributed by atoms with E-state index in [4.69, 9.17) is 0 Å². The Morgan fingerprint density at radius 2 is 2.00 bits per heavy atom. The standard InChI is InChI=1S/C15H22N2O/c1-15(2,11-18)17(3)9-8-12-10-16-14-7-5-4-6-13(12)14/h4-7,10,16,18H,8-9,11H2,1-3H3. The lowest BCUT2D eigenvalue weighted by Crippen LogP contribution is -2.45. The summed E-state index contributed by atoms with van der Waals surface area (Å²) in [7, 11) is 2.06. The van der Waals surface area contributed by atoms with Gasteiger partial charge in [-0.25, -0.2) is 0 Å². The van der Waals surface area contributed by atoms with E-state index in [1.165, 1.54) is 16.5 Å². The molecule has 1 aromatic carbocycles. The third-order valence-corrected chi connectivity index (χ3v) is 3.81. The largest absolute Gasteiger partial charge is 0.394 e. The molecule has 3 nitrogen and oxygen atoms in total. The molecular formula is C15H22N2O. The highest BCUT2D eigenvalue weighted by Crippen LogP contribution is 2.19. The Hall–Kier alpha value is -1.32. The van der Waals surface area contributed by atoms with Crippen LogP contribution in [0, 0.1) is 0 Å². The van der Waals surface area contributed by atoms with Gasteiger partial charge >= 0.3 is 0 Å². The van der Waals surface area contributed by atoms with E-state index < -0.39 is 0 Å². The van der Waals surface area contributed by atoms with Crippen LogP contribution in [0.3, 0.4) is 0 Å². The Bertz CT molecular complexity index is 516. The van der Waals surface area contributed by atoms with E-state index in [1.54, 1.807) is 0 Å². The van der Waals surface area contributed by atoms with E-state index in [2.05, 4.69) is 55.2 Å². The molecule has 18 heavy (non-hydrogen) atoms. The summed E-state index contributed by atoms with van der Waals surface area (Å²) in [6.45, 7) is 5.23. The zero-order chi connectivity index (χ0) is 13.2. The van der Waals surface area contributed by atoms with Crippen LogP contribution in [-0.4, -0.2) is 40.7 Å². The van der Waals surface area contributed by atoms with Crippen molar-refractivity contribution in [2.45, 2.75) is 25.8 Å². The van der Waals surface area contributed by atoms with Crippen molar-refractivity contribution < 1.29 is 5.11 Å². The van der Waals surface area contributed by atoms with Crippen molar-refractivity contribution in [2.75, 3.05) is 20.2 Å². The van der Waals surface area contributed by atoms with Crippen molar-refractivity contribution >= 4 is 10.9 Å². The van der Waals surface area contributed by atoms with Gasteiger partial charge in [0, 0.05) is 29.2 Å². The Labute approximate surface area is 108 Å². The molecule has 0 aliphatic heterocycles. The van der Waals surface area contributed by atoms with Gasteiger partial charge in [-0.05, 0) is 38.9 Å². The van der Waals surface area contributed by atoms with E-state index in [-0.39, 0.29) is 12.1 Å². The van der Waals surface area contributed by atoms with E-state index in [1.807, 2.05) is 6.07 Å². The molecule has 0 radical (unpaired) electrons. The molecule has 0 aliphatic rings. The molecule has 1 aromatic heterocycles. The second kappa shape index (κ2) is 5.12. The van der Waals surface area contributed by atoms with Crippen LogP contribution >= 0.6 is 0 Å². The molecule has 0 unspecified atom stereocenters. The summed E-state index contributed by atoms with van der Waals surface area (Å²) in [6, 6.07) is 8.36. The van der Waals surface area contributed by atoms with Crippen LogP contribution in [0.5, 0.6) is 0 Å². The van der Waals surface area contributed by atoms with Gasteiger partial charge in [-0.2, -0.15) is 0 Å². The number of rotatable bonds is 5. The fraction of sp³-hybridized carbons (Fsp3) is 0.467. The second-order valence-corrected chi connectivity index (χ2v) is 5.50. The number of para-hydroxylation sites is 1. The third kappa shape index (κ3) is 2.57. The summed E-state index contributed by atoms with van der Waals surface area (Å²) >= 11 is 0. The van der Waals surface area contributed by atoms with Crippen molar-refractivity contribution in [3.63, 3.8) is 0 Å². The van der Waals surface area contributed by atoms with Crippen LogP contribution in [0.2, 0.25) is 0 Å². The Morgan fingerprint density at radius 1 is 1.28 bits per heavy atom. The van der Waals surface area contributed by atoms with Gasteiger partial charge in [-0.1, -0.05) is 18.2 Å². The molecule has 0 saturated heterocycles. The molecule has 0 amide bonds. The first-order valence-electron chi connectivity index (χ1n) is 6.42.